The van der Waals surface area contributed by atoms with Crippen LogP contribution in [0.25, 0.3) is 0 Å². The zero-order valence-corrected chi connectivity index (χ0v) is 15.3. The molecule has 0 aliphatic carbocycles. The lowest BCUT2D eigenvalue weighted by Gasteiger charge is -2.15. The SMILES string of the molecule is Cc1cc(Nc2ccc(F)c(F)c2)nc(Nc2ccccc2OC(C)C)n1. The third-order valence-electron chi connectivity index (χ3n) is 3.54. The number of hydrogen-bond donors (Lipinski definition) is 2. The van der Waals surface area contributed by atoms with E-state index in [0.29, 0.717) is 28.9 Å². The molecular formula is C20H20F2N4O. The van der Waals surface area contributed by atoms with Gasteiger partial charge in [0.1, 0.15) is 11.6 Å². The van der Waals surface area contributed by atoms with E-state index >= 15 is 0 Å². The summed E-state index contributed by atoms with van der Waals surface area (Å²) in [7, 11) is 0. The van der Waals surface area contributed by atoms with Crippen LogP contribution in [-0.4, -0.2) is 16.1 Å². The third-order valence-corrected chi connectivity index (χ3v) is 3.54. The fraction of sp³-hybridized carbons (Fsp3) is 0.200. The predicted octanol–water partition coefficient (Wildman–Crippen LogP) is 5.34. The number of para-hydroxylation sites is 2. The van der Waals surface area contributed by atoms with Gasteiger partial charge in [-0.2, -0.15) is 4.98 Å². The van der Waals surface area contributed by atoms with Gasteiger partial charge < -0.3 is 15.4 Å². The molecule has 0 amide bonds. The monoisotopic (exact) mass is 370 g/mol. The highest BCUT2D eigenvalue weighted by atomic mass is 19.2. The van der Waals surface area contributed by atoms with Crippen molar-refractivity contribution in [3.8, 4) is 5.75 Å². The first-order chi connectivity index (χ1) is 12.9. The Hall–Kier alpha value is -3.22. The molecule has 3 rings (SSSR count). The fourth-order valence-electron chi connectivity index (χ4n) is 2.46. The number of nitrogens with one attached hydrogen (secondary N) is 2. The van der Waals surface area contributed by atoms with Crippen LogP contribution in [-0.2, 0) is 0 Å². The van der Waals surface area contributed by atoms with Crippen molar-refractivity contribution in [3.63, 3.8) is 0 Å². The molecule has 2 N–H and O–H groups in total. The lowest BCUT2D eigenvalue weighted by Crippen LogP contribution is -2.08. The highest BCUT2D eigenvalue weighted by Gasteiger charge is 2.09. The molecule has 0 fully saturated rings. The number of rotatable bonds is 6. The number of hydrogen-bond acceptors (Lipinski definition) is 5. The summed E-state index contributed by atoms with van der Waals surface area (Å²) in [6, 6.07) is 12.8. The zero-order valence-electron chi connectivity index (χ0n) is 15.3. The molecule has 1 heterocycles. The Kier molecular flexibility index (Phi) is 5.49. The average molecular weight is 370 g/mol. The number of aromatic nitrogens is 2. The van der Waals surface area contributed by atoms with Crippen LogP contribution in [0.4, 0.5) is 31.9 Å². The van der Waals surface area contributed by atoms with E-state index in [-0.39, 0.29) is 6.10 Å². The van der Waals surface area contributed by atoms with E-state index in [4.69, 9.17) is 4.74 Å². The maximum absolute atomic E-state index is 13.4. The maximum Gasteiger partial charge on any atom is 0.229 e. The van der Waals surface area contributed by atoms with E-state index in [1.165, 1.54) is 6.07 Å². The Morgan fingerprint density at radius 1 is 0.926 bits per heavy atom. The molecule has 7 heteroatoms. The van der Waals surface area contributed by atoms with Gasteiger partial charge in [0.15, 0.2) is 11.6 Å². The number of nitrogens with zero attached hydrogens (tertiary/aromatic N) is 2. The first kappa shape index (κ1) is 18.6. The Bertz CT molecular complexity index is 947. The molecular weight excluding hydrogens is 350 g/mol. The summed E-state index contributed by atoms with van der Waals surface area (Å²) < 4.78 is 32.3. The summed E-state index contributed by atoms with van der Waals surface area (Å²) in [5, 5.41) is 6.10. The van der Waals surface area contributed by atoms with Crippen molar-refractivity contribution in [2.24, 2.45) is 0 Å². The summed E-state index contributed by atoms with van der Waals surface area (Å²) in [5.41, 5.74) is 1.83. The van der Waals surface area contributed by atoms with Crippen LogP contribution in [0.3, 0.4) is 0 Å². The van der Waals surface area contributed by atoms with E-state index in [0.717, 1.165) is 17.8 Å². The minimum absolute atomic E-state index is 0.0250. The van der Waals surface area contributed by atoms with Crippen LogP contribution in [0.15, 0.2) is 48.5 Å². The second kappa shape index (κ2) is 7.99. The van der Waals surface area contributed by atoms with Gasteiger partial charge in [-0.1, -0.05) is 12.1 Å². The molecule has 0 radical (unpaired) electrons. The summed E-state index contributed by atoms with van der Waals surface area (Å²) in [4.78, 5) is 8.76. The Morgan fingerprint density at radius 2 is 1.70 bits per heavy atom. The Labute approximate surface area is 156 Å². The van der Waals surface area contributed by atoms with Gasteiger partial charge in [-0.3, -0.25) is 0 Å². The minimum Gasteiger partial charge on any atom is -0.489 e. The highest BCUT2D eigenvalue weighted by Crippen LogP contribution is 2.28. The largest absolute Gasteiger partial charge is 0.489 e. The molecule has 2 aromatic carbocycles. The average Bonchev–Trinajstić information content (AvgIpc) is 2.59. The summed E-state index contributed by atoms with van der Waals surface area (Å²) in [6.07, 6.45) is 0.0250. The number of benzene rings is 2. The van der Waals surface area contributed by atoms with Crippen molar-refractivity contribution in [3.05, 3.63) is 65.9 Å². The highest BCUT2D eigenvalue weighted by molar-refractivity contribution is 5.64. The molecule has 0 saturated heterocycles. The van der Waals surface area contributed by atoms with Crippen molar-refractivity contribution in [2.45, 2.75) is 26.9 Å². The predicted molar refractivity (Wildman–Crippen MR) is 102 cm³/mol. The molecule has 0 atom stereocenters. The van der Waals surface area contributed by atoms with E-state index in [2.05, 4.69) is 20.6 Å². The third kappa shape index (κ3) is 4.91. The molecule has 1 aromatic heterocycles. The molecule has 0 aliphatic rings. The molecule has 0 unspecified atom stereocenters. The molecule has 0 saturated carbocycles. The zero-order chi connectivity index (χ0) is 19.4. The van der Waals surface area contributed by atoms with Crippen molar-refractivity contribution in [2.75, 3.05) is 10.6 Å². The van der Waals surface area contributed by atoms with Crippen molar-refractivity contribution >= 4 is 23.1 Å². The van der Waals surface area contributed by atoms with E-state index in [1.807, 2.05) is 45.0 Å². The van der Waals surface area contributed by atoms with Crippen molar-refractivity contribution < 1.29 is 13.5 Å². The number of ether oxygens (including phenoxy) is 1. The maximum atomic E-state index is 13.4. The van der Waals surface area contributed by atoms with Crippen LogP contribution in [0.5, 0.6) is 5.75 Å². The van der Waals surface area contributed by atoms with E-state index < -0.39 is 11.6 Å². The van der Waals surface area contributed by atoms with Crippen molar-refractivity contribution in [1.82, 2.24) is 9.97 Å². The molecule has 27 heavy (non-hydrogen) atoms. The normalized spacial score (nSPS) is 10.7. The number of halogens is 2. The molecule has 0 aliphatic heterocycles. The van der Waals surface area contributed by atoms with E-state index in [1.54, 1.807) is 6.07 Å². The van der Waals surface area contributed by atoms with Gasteiger partial charge >= 0.3 is 0 Å². The Morgan fingerprint density at radius 3 is 2.44 bits per heavy atom. The molecule has 5 nitrogen and oxygen atoms in total. The van der Waals surface area contributed by atoms with Crippen LogP contribution in [0.1, 0.15) is 19.5 Å². The topological polar surface area (TPSA) is 59.1 Å². The lowest BCUT2D eigenvalue weighted by atomic mass is 10.3. The van der Waals surface area contributed by atoms with Crippen LogP contribution >= 0.6 is 0 Å². The van der Waals surface area contributed by atoms with Crippen LogP contribution in [0, 0.1) is 18.6 Å². The quantitative estimate of drug-likeness (QED) is 0.613. The van der Waals surface area contributed by atoms with Gasteiger partial charge in [-0.15, -0.1) is 0 Å². The number of aryl methyl sites for hydroxylation is 1. The Balaban J connectivity index is 1.84. The fourth-order valence-corrected chi connectivity index (χ4v) is 2.46. The van der Waals surface area contributed by atoms with Gasteiger partial charge in [-0.25, -0.2) is 13.8 Å². The van der Waals surface area contributed by atoms with E-state index in [9.17, 15) is 8.78 Å². The molecule has 140 valence electrons. The second-order valence-corrected chi connectivity index (χ2v) is 6.26. The molecule has 3 aromatic rings. The molecule has 0 bridgehead atoms. The minimum atomic E-state index is -0.927. The van der Waals surface area contributed by atoms with Gasteiger partial charge in [0.25, 0.3) is 0 Å². The lowest BCUT2D eigenvalue weighted by molar-refractivity contribution is 0.244. The van der Waals surface area contributed by atoms with Gasteiger partial charge in [0.2, 0.25) is 5.95 Å². The van der Waals surface area contributed by atoms with Gasteiger partial charge in [0.05, 0.1) is 11.8 Å². The number of anilines is 4. The summed E-state index contributed by atoms with van der Waals surface area (Å²) in [5.74, 6) is -0.321. The smallest absolute Gasteiger partial charge is 0.229 e. The van der Waals surface area contributed by atoms with Crippen LogP contribution in [0.2, 0.25) is 0 Å². The van der Waals surface area contributed by atoms with Gasteiger partial charge in [-0.05, 0) is 45.0 Å². The summed E-state index contributed by atoms with van der Waals surface area (Å²) in [6.45, 7) is 5.72. The molecule has 0 spiro atoms. The summed E-state index contributed by atoms with van der Waals surface area (Å²) >= 11 is 0. The standard InChI is InChI=1S/C20H20F2N4O/c1-12(2)27-18-7-5-4-6-17(18)25-20-23-13(3)10-19(26-20)24-14-8-9-15(21)16(22)11-14/h4-12H,1-3H3,(H2,23,24,25,26). The van der Waals surface area contributed by atoms with Gasteiger partial charge in [0, 0.05) is 23.5 Å². The van der Waals surface area contributed by atoms with Crippen LogP contribution < -0.4 is 15.4 Å². The van der Waals surface area contributed by atoms with Crippen molar-refractivity contribution in [1.29, 1.82) is 0 Å². The first-order valence-corrected chi connectivity index (χ1v) is 8.51. The first-order valence-electron chi connectivity index (χ1n) is 8.51. The second-order valence-electron chi connectivity index (χ2n) is 6.26.